The highest BCUT2D eigenvalue weighted by Crippen LogP contribution is 2.22. The van der Waals surface area contributed by atoms with Crippen molar-refractivity contribution in [2.45, 2.75) is 19.4 Å². The van der Waals surface area contributed by atoms with Crippen molar-refractivity contribution in [1.29, 1.82) is 0 Å². The van der Waals surface area contributed by atoms with E-state index in [9.17, 15) is 9.59 Å². The smallest absolute Gasteiger partial charge is 0.261 e. The molecule has 0 radical (unpaired) electrons. The van der Waals surface area contributed by atoms with E-state index in [1.165, 1.54) is 10.5 Å². The monoisotopic (exact) mass is 309 g/mol. The summed E-state index contributed by atoms with van der Waals surface area (Å²) in [5.74, 6) is -0.342. The number of hydrogen-bond acceptors (Lipinski definition) is 4. The fourth-order valence-electron chi connectivity index (χ4n) is 2.70. The van der Waals surface area contributed by atoms with E-state index >= 15 is 0 Å². The Labute approximate surface area is 135 Å². The fourth-order valence-corrected chi connectivity index (χ4v) is 2.70. The molecule has 5 nitrogen and oxygen atoms in total. The largest absolute Gasteiger partial charge is 0.313 e. The number of imide groups is 1. The van der Waals surface area contributed by atoms with Crippen LogP contribution in [0.5, 0.6) is 0 Å². The first-order valence-electron chi connectivity index (χ1n) is 7.82. The lowest BCUT2D eigenvalue weighted by atomic mass is 10.1. The van der Waals surface area contributed by atoms with Gasteiger partial charge < -0.3 is 5.32 Å². The summed E-state index contributed by atoms with van der Waals surface area (Å²) in [5, 5.41) is 3.35. The van der Waals surface area contributed by atoms with Crippen molar-refractivity contribution in [3.63, 3.8) is 0 Å². The van der Waals surface area contributed by atoms with Crippen LogP contribution in [0.4, 0.5) is 0 Å². The van der Waals surface area contributed by atoms with Gasteiger partial charge in [0.15, 0.2) is 0 Å². The van der Waals surface area contributed by atoms with Gasteiger partial charge in [-0.15, -0.1) is 0 Å². The third-order valence-corrected chi connectivity index (χ3v) is 3.94. The van der Waals surface area contributed by atoms with Crippen LogP contribution < -0.4 is 5.32 Å². The third kappa shape index (κ3) is 3.46. The van der Waals surface area contributed by atoms with Crippen LogP contribution in [-0.4, -0.2) is 34.8 Å². The lowest BCUT2D eigenvalue weighted by molar-refractivity contribution is 0.0651. The van der Waals surface area contributed by atoms with E-state index in [1.807, 2.05) is 12.1 Å². The zero-order chi connectivity index (χ0) is 16.1. The molecule has 2 amide bonds. The maximum atomic E-state index is 12.2. The van der Waals surface area contributed by atoms with Crippen LogP contribution in [0, 0.1) is 0 Å². The molecule has 0 atom stereocenters. The van der Waals surface area contributed by atoms with E-state index in [4.69, 9.17) is 0 Å². The lowest BCUT2D eigenvalue weighted by Gasteiger charge is -2.13. The zero-order valence-electron chi connectivity index (χ0n) is 12.9. The Morgan fingerprint density at radius 3 is 2.22 bits per heavy atom. The minimum Gasteiger partial charge on any atom is -0.313 e. The minimum atomic E-state index is -0.171. The number of nitrogens with zero attached hydrogens (tertiary/aromatic N) is 2. The van der Waals surface area contributed by atoms with Crippen molar-refractivity contribution in [2.24, 2.45) is 0 Å². The van der Waals surface area contributed by atoms with Gasteiger partial charge >= 0.3 is 0 Å². The average molecular weight is 309 g/mol. The van der Waals surface area contributed by atoms with Crippen LogP contribution in [0.1, 0.15) is 39.1 Å². The topological polar surface area (TPSA) is 62.3 Å². The first-order chi connectivity index (χ1) is 11.3. The van der Waals surface area contributed by atoms with Gasteiger partial charge in [0.2, 0.25) is 0 Å². The maximum absolute atomic E-state index is 12.2. The van der Waals surface area contributed by atoms with Gasteiger partial charge in [0.1, 0.15) is 0 Å². The minimum absolute atomic E-state index is 0.171. The molecule has 1 aromatic carbocycles. The van der Waals surface area contributed by atoms with Gasteiger partial charge in [-0.1, -0.05) is 12.1 Å². The first-order valence-corrected chi connectivity index (χ1v) is 7.82. The Morgan fingerprint density at radius 2 is 1.57 bits per heavy atom. The molecule has 0 aliphatic carbocycles. The fraction of sp³-hybridized carbons (Fsp3) is 0.278. The second-order valence-corrected chi connectivity index (χ2v) is 5.55. The summed E-state index contributed by atoms with van der Waals surface area (Å²) in [6, 6.07) is 11.0. The summed E-state index contributed by atoms with van der Waals surface area (Å²) >= 11 is 0. The number of carbonyl (C=O) groups is 2. The molecule has 0 spiro atoms. The molecule has 0 unspecified atom stereocenters. The van der Waals surface area contributed by atoms with Gasteiger partial charge in [-0.25, -0.2) is 0 Å². The predicted molar refractivity (Wildman–Crippen MR) is 87.0 cm³/mol. The number of nitrogens with one attached hydrogen (secondary N) is 1. The van der Waals surface area contributed by atoms with Crippen molar-refractivity contribution in [3.8, 4) is 0 Å². The molecule has 2 heterocycles. The second-order valence-electron chi connectivity index (χ2n) is 5.55. The van der Waals surface area contributed by atoms with Gasteiger partial charge in [0, 0.05) is 25.5 Å². The quantitative estimate of drug-likeness (QED) is 0.629. The van der Waals surface area contributed by atoms with Gasteiger partial charge in [-0.3, -0.25) is 19.5 Å². The molecule has 1 aliphatic heterocycles. The molecule has 0 saturated heterocycles. The van der Waals surface area contributed by atoms with Crippen LogP contribution >= 0.6 is 0 Å². The average Bonchev–Trinajstić information content (AvgIpc) is 2.84. The first kappa shape index (κ1) is 15.4. The van der Waals surface area contributed by atoms with E-state index in [1.54, 1.807) is 36.7 Å². The molecule has 3 rings (SSSR count). The number of benzene rings is 1. The summed E-state index contributed by atoms with van der Waals surface area (Å²) in [4.78, 5) is 29.7. The van der Waals surface area contributed by atoms with Gasteiger partial charge in [0.05, 0.1) is 11.1 Å². The number of unbranched alkanes of at least 4 members (excludes halogenated alkanes) is 1. The van der Waals surface area contributed by atoms with Gasteiger partial charge in [-0.2, -0.15) is 0 Å². The normalized spacial score (nSPS) is 13.5. The Balaban J connectivity index is 1.40. The van der Waals surface area contributed by atoms with Crippen molar-refractivity contribution < 1.29 is 9.59 Å². The summed E-state index contributed by atoms with van der Waals surface area (Å²) in [6.07, 6.45) is 5.27. The molecular weight excluding hydrogens is 290 g/mol. The molecule has 118 valence electrons. The Morgan fingerprint density at radius 1 is 0.913 bits per heavy atom. The molecular formula is C18H19N3O2. The molecule has 5 heteroatoms. The Hall–Kier alpha value is -2.53. The van der Waals surface area contributed by atoms with Crippen molar-refractivity contribution >= 4 is 11.8 Å². The molecule has 1 aliphatic rings. The number of fused-ring (bicyclic) bond motifs is 1. The molecule has 0 bridgehead atoms. The number of rotatable bonds is 7. The summed E-state index contributed by atoms with van der Waals surface area (Å²) in [6.45, 7) is 2.13. The summed E-state index contributed by atoms with van der Waals surface area (Å²) < 4.78 is 0. The van der Waals surface area contributed by atoms with Crippen LogP contribution in [-0.2, 0) is 6.54 Å². The lowest BCUT2D eigenvalue weighted by Crippen LogP contribution is -2.31. The van der Waals surface area contributed by atoms with Crippen molar-refractivity contribution in [1.82, 2.24) is 15.2 Å². The number of pyridine rings is 1. The number of amides is 2. The third-order valence-electron chi connectivity index (χ3n) is 3.94. The van der Waals surface area contributed by atoms with E-state index in [2.05, 4.69) is 10.3 Å². The van der Waals surface area contributed by atoms with E-state index in [0.29, 0.717) is 17.7 Å². The standard InChI is InChI=1S/C18H19N3O2/c22-17-15-5-1-2-6-16(15)18(23)21(17)12-4-3-9-20-13-14-7-10-19-11-8-14/h1-2,5-8,10-11,20H,3-4,9,12-13H2. The van der Waals surface area contributed by atoms with Gasteiger partial charge in [0.25, 0.3) is 11.8 Å². The van der Waals surface area contributed by atoms with Gasteiger partial charge in [-0.05, 0) is 49.2 Å². The number of carbonyl (C=O) groups excluding carboxylic acids is 2. The molecule has 1 aromatic heterocycles. The molecule has 0 saturated carbocycles. The van der Waals surface area contributed by atoms with Crippen LogP contribution in [0.3, 0.4) is 0 Å². The van der Waals surface area contributed by atoms with Crippen LogP contribution in [0.2, 0.25) is 0 Å². The molecule has 23 heavy (non-hydrogen) atoms. The van der Waals surface area contributed by atoms with E-state index in [0.717, 1.165) is 25.9 Å². The SMILES string of the molecule is O=C1c2ccccc2C(=O)N1CCCCNCc1ccncc1. The Kier molecular flexibility index (Phi) is 4.78. The van der Waals surface area contributed by atoms with E-state index < -0.39 is 0 Å². The highest BCUT2D eigenvalue weighted by molar-refractivity contribution is 6.21. The highest BCUT2D eigenvalue weighted by atomic mass is 16.2. The molecule has 2 aromatic rings. The maximum Gasteiger partial charge on any atom is 0.261 e. The molecule has 1 N–H and O–H groups in total. The van der Waals surface area contributed by atoms with Crippen LogP contribution in [0.15, 0.2) is 48.8 Å². The predicted octanol–water partition coefficient (Wildman–Crippen LogP) is 2.25. The number of aromatic nitrogens is 1. The van der Waals surface area contributed by atoms with Crippen molar-refractivity contribution in [2.75, 3.05) is 13.1 Å². The number of hydrogen-bond donors (Lipinski definition) is 1. The summed E-state index contributed by atoms with van der Waals surface area (Å²) in [5.41, 5.74) is 2.24. The summed E-state index contributed by atoms with van der Waals surface area (Å²) in [7, 11) is 0. The van der Waals surface area contributed by atoms with E-state index in [-0.39, 0.29) is 11.8 Å². The highest BCUT2D eigenvalue weighted by Gasteiger charge is 2.34. The van der Waals surface area contributed by atoms with Crippen LogP contribution in [0.25, 0.3) is 0 Å². The Bertz CT molecular complexity index is 665. The second kappa shape index (κ2) is 7.15. The molecule has 0 fully saturated rings. The zero-order valence-corrected chi connectivity index (χ0v) is 12.9. The van der Waals surface area contributed by atoms with Crippen molar-refractivity contribution in [3.05, 3.63) is 65.5 Å².